The number of hydrogen-bond acceptors (Lipinski definition) is 2. The highest BCUT2D eigenvalue weighted by atomic mass is 15.1. The van der Waals surface area contributed by atoms with Gasteiger partial charge in [-0.3, -0.25) is 5.10 Å². The Balaban J connectivity index is 2.35. The maximum Gasteiger partial charge on any atom is 0.0532 e. The maximum atomic E-state index is 3.86. The molecule has 1 aromatic heterocycles. The number of hydrogen-bond donors (Lipinski definition) is 2. The molecule has 0 aliphatic carbocycles. The first-order valence-electron chi connectivity index (χ1n) is 3.80. The predicted molar refractivity (Wildman–Crippen MR) is 45.2 cm³/mol. The van der Waals surface area contributed by atoms with Crippen LogP contribution in [0, 0.1) is 0 Å². The number of nitrogens with zero attached hydrogens (tertiary/aromatic N) is 1. The third kappa shape index (κ3) is 3.18. The van der Waals surface area contributed by atoms with Crippen LogP contribution in [0.4, 0.5) is 0 Å². The Kier molecular flexibility index (Phi) is 2.29. The summed E-state index contributed by atoms with van der Waals surface area (Å²) in [6.07, 6.45) is 3.73. The molecule has 0 radical (unpaired) electrons. The lowest BCUT2D eigenvalue weighted by atomic mass is 10.1. The van der Waals surface area contributed by atoms with Crippen LogP contribution in [0.3, 0.4) is 0 Å². The van der Waals surface area contributed by atoms with Crippen molar-refractivity contribution in [3.8, 4) is 0 Å². The molecule has 62 valence electrons. The Morgan fingerprint density at radius 1 is 1.55 bits per heavy atom. The minimum atomic E-state index is 0.178. The van der Waals surface area contributed by atoms with Gasteiger partial charge in [0.2, 0.25) is 0 Å². The molecule has 0 bridgehead atoms. The highest BCUT2D eigenvalue weighted by Gasteiger charge is 2.07. The molecule has 3 nitrogen and oxygen atoms in total. The summed E-state index contributed by atoms with van der Waals surface area (Å²) >= 11 is 0. The second kappa shape index (κ2) is 3.05. The van der Waals surface area contributed by atoms with Crippen molar-refractivity contribution in [3.05, 3.63) is 18.0 Å². The summed E-state index contributed by atoms with van der Waals surface area (Å²) in [5, 5.41) is 10.00. The van der Waals surface area contributed by atoms with E-state index in [2.05, 4.69) is 36.3 Å². The van der Waals surface area contributed by atoms with E-state index in [4.69, 9.17) is 0 Å². The molecule has 0 unspecified atom stereocenters. The van der Waals surface area contributed by atoms with Gasteiger partial charge in [0.15, 0.2) is 0 Å². The lowest BCUT2D eigenvalue weighted by Gasteiger charge is -2.19. The van der Waals surface area contributed by atoms with Crippen LogP contribution in [-0.2, 0) is 6.54 Å². The SMILES string of the molecule is CC(C)(C)NCc1cn[nH]c1. The van der Waals surface area contributed by atoms with Gasteiger partial charge < -0.3 is 5.32 Å². The van der Waals surface area contributed by atoms with E-state index in [1.807, 2.05) is 12.4 Å². The van der Waals surface area contributed by atoms with E-state index in [-0.39, 0.29) is 5.54 Å². The van der Waals surface area contributed by atoms with Gasteiger partial charge in [-0.25, -0.2) is 0 Å². The van der Waals surface area contributed by atoms with E-state index < -0.39 is 0 Å². The van der Waals surface area contributed by atoms with E-state index in [1.54, 1.807) is 0 Å². The van der Waals surface area contributed by atoms with Crippen LogP contribution in [-0.4, -0.2) is 15.7 Å². The summed E-state index contributed by atoms with van der Waals surface area (Å²) in [4.78, 5) is 0. The van der Waals surface area contributed by atoms with Crippen molar-refractivity contribution in [1.82, 2.24) is 15.5 Å². The average molecular weight is 153 g/mol. The monoisotopic (exact) mass is 153 g/mol. The topological polar surface area (TPSA) is 40.7 Å². The zero-order chi connectivity index (χ0) is 8.32. The normalized spacial score (nSPS) is 11.9. The predicted octanol–water partition coefficient (Wildman–Crippen LogP) is 1.30. The number of H-pyrrole nitrogens is 1. The Morgan fingerprint density at radius 2 is 2.27 bits per heavy atom. The molecule has 0 aliphatic rings. The molecule has 1 aromatic rings. The van der Waals surface area contributed by atoms with Gasteiger partial charge in [-0.1, -0.05) is 0 Å². The van der Waals surface area contributed by atoms with Gasteiger partial charge in [-0.15, -0.1) is 0 Å². The summed E-state index contributed by atoms with van der Waals surface area (Å²) in [6, 6.07) is 0. The summed E-state index contributed by atoms with van der Waals surface area (Å²) in [6.45, 7) is 7.31. The largest absolute Gasteiger partial charge is 0.308 e. The smallest absolute Gasteiger partial charge is 0.0532 e. The van der Waals surface area contributed by atoms with E-state index in [9.17, 15) is 0 Å². The second-order valence-electron chi connectivity index (χ2n) is 3.71. The number of aromatic nitrogens is 2. The quantitative estimate of drug-likeness (QED) is 0.672. The van der Waals surface area contributed by atoms with Gasteiger partial charge in [-0.05, 0) is 20.8 Å². The molecule has 0 fully saturated rings. The number of aromatic amines is 1. The van der Waals surface area contributed by atoms with Gasteiger partial charge in [-0.2, -0.15) is 5.10 Å². The fourth-order valence-electron chi connectivity index (χ4n) is 0.742. The zero-order valence-corrected chi connectivity index (χ0v) is 7.31. The van der Waals surface area contributed by atoms with Crippen LogP contribution < -0.4 is 5.32 Å². The molecule has 0 saturated heterocycles. The van der Waals surface area contributed by atoms with Crippen LogP contribution in [0.2, 0.25) is 0 Å². The average Bonchev–Trinajstić information content (AvgIpc) is 2.32. The molecule has 3 heteroatoms. The van der Waals surface area contributed by atoms with Gasteiger partial charge >= 0.3 is 0 Å². The summed E-state index contributed by atoms with van der Waals surface area (Å²) in [5.41, 5.74) is 1.37. The van der Waals surface area contributed by atoms with Crippen molar-refractivity contribution in [1.29, 1.82) is 0 Å². The first-order valence-corrected chi connectivity index (χ1v) is 3.80. The Labute approximate surface area is 67.2 Å². The highest BCUT2D eigenvalue weighted by molar-refractivity contribution is 5.02. The Hall–Kier alpha value is -0.830. The maximum absolute atomic E-state index is 3.86. The molecule has 1 heterocycles. The van der Waals surface area contributed by atoms with Crippen LogP contribution >= 0.6 is 0 Å². The van der Waals surface area contributed by atoms with Crippen molar-refractivity contribution in [2.24, 2.45) is 0 Å². The van der Waals surface area contributed by atoms with Crippen LogP contribution in [0.5, 0.6) is 0 Å². The minimum absolute atomic E-state index is 0.178. The van der Waals surface area contributed by atoms with Crippen molar-refractivity contribution in [3.63, 3.8) is 0 Å². The lowest BCUT2D eigenvalue weighted by molar-refractivity contribution is 0.424. The van der Waals surface area contributed by atoms with Crippen molar-refractivity contribution < 1.29 is 0 Å². The van der Waals surface area contributed by atoms with E-state index in [0.717, 1.165) is 6.54 Å². The molecular weight excluding hydrogens is 138 g/mol. The van der Waals surface area contributed by atoms with Crippen LogP contribution in [0.25, 0.3) is 0 Å². The fraction of sp³-hybridized carbons (Fsp3) is 0.625. The lowest BCUT2D eigenvalue weighted by Crippen LogP contribution is -2.34. The highest BCUT2D eigenvalue weighted by Crippen LogP contribution is 2.01. The molecular formula is C8H15N3. The molecule has 1 rings (SSSR count). The number of rotatable bonds is 2. The molecule has 0 amide bonds. The van der Waals surface area contributed by atoms with Gasteiger partial charge in [0.05, 0.1) is 6.20 Å². The summed E-state index contributed by atoms with van der Waals surface area (Å²) < 4.78 is 0. The van der Waals surface area contributed by atoms with Gasteiger partial charge in [0.25, 0.3) is 0 Å². The first kappa shape index (κ1) is 8.27. The summed E-state index contributed by atoms with van der Waals surface area (Å²) in [5.74, 6) is 0. The minimum Gasteiger partial charge on any atom is -0.308 e. The van der Waals surface area contributed by atoms with Gasteiger partial charge in [0, 0.05) is 23.8 Å². The number of nitrogens with one attached hydrogen (secondary N) is 2. The molecule has 0 aromatic carbocycles. The van der Waals surface area contributed by atoms with Crippen LogP contribution in [0.1, 0.15) is 26.3 Å². The molecule has 0 saturated carbocycles. The molecule has 2 N–H and O–H groups in total. The Bertz CT molecular complexity index is 196. The van der Waals surface area contributed by atoms with E-state index in [1.165, 1.54) is 5.56 Å². The van der Waals surface area contributed by atoms with Gasteiger partial charge in [0.1, 0.15) is 0 Å². The third-order valence-corrected chi connectivity index (χ3v) is 1.38. The second-order valence-corrected chi connectivity index (χ2v) is 3.71. The summed E-state index contributed by atoms with van der Waals surface area (Å²) in [7, 11) is 0. The standard InChI is InChI=1S/C8H15N3/c1-8(2,3)9-4-7-5-10-11-6-7/h5-6,9H,4H2,1-3H3,(H,10,11). The molecule has 0 spiro atoms. The van der Waals surface area contributed by atoms with Crippen molar-refractivity contribution in [2.45, 2.75) is 32.9 Å². The van der Waals surface area contributed by atoms with Crippen molar-refractivity contribution >= 4 is 0 Å². The van der Waals surface area contributed by atoms with E-state index in [0.29, 0.717) is 0 Å². The van der Waals surface area contributed by atoms with E-state index >= 15 is 0 Å². The molecule has 11 heavy (non-hydrogen) atoms. The molecule has 0 aliphatic heterocycles. The Morgan fingerprint density at radius 3 is 2.73 bits per heavy atom. The first-order chi connectivity index (χ1) is 5.08. The van der Waals surface area contributed by atoms with Crippen molar-refractivity contribution in [2.75, 3.05) is 0 Å². The zero-order valence-electron chi connectivity index (χ0n) is 7.31. The third-order valence-electron chi connectivity index (χ3n) is 1.38. The van der Waals surface area contributed by atoms with Crippen LogP contribution in [0.15, 0.2) is 12.4 Å². The molecule has 0 atom stereocenters. The fourth-order valence-corrected chi connectivity index (χ4v) is 0.742.